The van der Waals surface area contributed by atoms with E-state index in [9.17, 15) is 14.4 Å². The Morgan fingerprint density at radius 2 is 1.61 bits per heavy atom. The van der Waals surface area contributed by atoms with Crippen molar-refractivity contribution in [3.05, 3.63) is 110 Å². The summed E-state index contributed by atoms with van der Waals surface area (Å²) in [6.07, 6.45) is 1.57. The van der Waals surface area contributed by atoms with Crippen LogP contribution in [0.2, 0.25) is 0 Å². The van der Waals surface area contributed by atoms with Crippen LogP contribution >= 0.6 is 0 Å². The first kappa shape index (κ1) is 20.3. The molecular formula is C24H22N4O3. The first-order chi connectivity index (χ1) is 15.0. The Morgan fingerprint density at radius 3 is 2.39 bits per heavy atom. The lowest BCUT2D eigenvalue weighted by molar-refractivity contribution is -0.121. The number of benzene rings is 2. The number of carbonyl (C=O) groups excluding carboxylic acids is 1. The number of fused-ring (bicyclic) bond motifs is 1. The highest BCUT2D eigenvalue weighted by Gasteiger charge is 2.16. The third-order valence-electron chi connectivity index (χ3n) is 5.21. The number of nitrogens with one attached hydrogen (secondary N) is 1. The molecule has 156 valence electrons. The standard InChI is InChI=1S/C24H22N4O3/c1-17-8-5-6-11-19(17)14-26-21(29)16-27-20-12-7-13-25-22(20)28(24(31)23(27)30)15-18-9-3-2-4-10-18/h2-13H,14-16H2,1H3,(H,26,29). The molecule has 0 radical (unpaired) electrons. The minimum Gasteiger partial charge on any atom is -0.350 e. The largest absolute Gasteiger partial charge is 0.350 e. The van der Waals surface area contributed by atoms with Gasteiger partial charge in [-0.15, -0.1) is 0 Å². The predicted octanol–water partition coefficient (Wildman–Crippen LogP) is 2.23. The second kappa shape index (κ2) is 8.79. The summed E-state index contributed by atoms with van der Waals surface area (Å²) in [7, 11) is 0. The highest BCUT2D eigenvalue weighted by Crippen LogP contribution is 2.10. The van der Waals surface area contributed by atoms with Gasteiger partial charge in [0.1, 0.15) is 6.54 Å². The lowest BCUT2D eigenvalue weighted by atomic mass is 10.1. The van der Waals surface area contributed by atoms with Gasteiger partial charge in [-0.05, 0) is 35.7 Å². The van der Waals surface area contributed by atoms with E-state index >= 15 is 0 Å². The molecule has 0 unspecified atom stereocenters. The zero-order valence-electron chi connectivity index (χ0n) is 17.1. The van der Waals surface area contributed by atoms with E-state index < -0.39 is 11.1 Å². The van der Waals surface area contributed by atoms with E-state index in [4.69, 9.17) is 0 Å². The molecule has 0 aliphatic heterocycles. The molecule has 4 rings (SSSR count). The number of aryl methyl sites for hydroxylation is 1. The van der Waals surface area contributed by atoms with Gasteiger partial charge in [0.05, 0.1) is 12.1 Å². The second-order valence-electron chi connectivity index (χ2n) is 7.32. The maximum Gasteiger partial charge on any atom is 0.318 e. The number of hydrogen-bond donors (Lipinski definition) is 1. The fraction of sp³-hybridized carbons (Fsp3) is 0.167. The van der Waals surface area contributed by atoms with Gasteiger partial charge >= 0.3 is 11.1 Å². The Labute approximate surface area is 178 Å². The predicted molar refractivity (Wildman–Crippen MR) is 119 cm³/mol. The van der Waals surface area contributed by atoms with Crippen LogP contribution in [0.1, 0.15) is 16.7 Å². The lowest BCUT2D eigenvalue weighted by Gasteiger charge is -2.14. The zero-order valence-corrected chi connectivity index (χ0v) is 17.1. The number of amides is 1. The van der Waals surface area contributed by atoms with Crippen molar-refractivity contribution in [1.29, 1.82) is 0 Å². The number of pyridine rings is 1. The summed E-state index contributed by atoms with van der Waals surface area (Å²) in [5, 5.41) is 2.83. The molecule has 31 heavy (non-hydrogen) atoms. The first-order valence-electron chi connectivity index (χ1n) is 9.98. The maximum absolute atomic E-state index is 12.9. The van der Waals surface area contributed by atoms with Gasteiger partial charge in [-0.25, -0.2) is 4.98 Å². The van der Waals surface area contributed by atoms with Crippen molar-refractivity contribution in [3.63, 3.8) is 0 Å². The summed E-state index contributed by atoms with van der Waals surface area (Å²) in [5.41, 5.74) is 2.29. The fourth-order valence-electron chi connectivity index (χ4n) is 3.52. The molecule has 0 saturated carbocycles. The molecule has 0 atom stereocenters. The van der Waals surface area contributed by atoms with Crippen molar-refractivity contribution >= 4 is 17.1 Å². The average molecular weight is 414 g/mol. The number of rotatable bonds is 6. The Morgan fingerprint density at radius 1 is 0.903 bits per heavy atom. The molecule has 2 aromatic heterocycles. The van der Waals surface area contributed by atoms with Crippen molar-refractivity contribution in [2.45, 2.75) is 26.6 Å². The van der Waals surface area contributed by atoms with Gasteiger partial charge < -0.3 is 5.32 Å². The number of nitrogens with zero attached hydrogens (tertiary/aromatic N) is 3. The first-order valence-corrected chi connectivity index (χ1v) is 9.98. The summed E-state index contributed by atoms with van der Waals surface area (Å²) in [6, 6.07) is 20.5. The lowest BCUT2D eigenvalue weighted by Crippen LogP contribution is -2.44. The third kappa shape index (κ3) is 4.30. The van der Waals surface area contributed by atoms with Crippen molar-refractivity contribution < 1.29 is 4.79 Å². The van der Waals surface area contributed by atoms with E-state index in [0.29, 0.717) is 17.7 Å². The number of aromatic nitrogens is 3. The normalized spacial score (nSPS) is 10.9. The molecule has 4 aromatic rings. The van der Waals surface area contributed by atoms with E-state index in [2.05, 4.69) is 10.3 Å². The van der Waals surface area contributed by atoms with Crippen LogP contribution in [0.25, 0.3) is 11.2 Å². The van der Waals surface area contributed by atoms with Gasteiger partial charge in [-0.2, -0.15) is 0 Å². The van der Waals surface area contributed by atoms with Crippen LogP contribution in [0.5, 0.6) is 0 Å². The Balaban J connectivity index is 1.66. The molecule has 7 heteroatoms. The summed E-state index contributed by atoms with van der Waals surface area (Å²) >= 11 is 0. The van der Waals surface area contributed by atoms with Crippen LogP contribution in [0, 0.1) is 6.92 Å². The molecule has 0 aliphatic rings. The van der Waals surface area contributed by atoms with Crippen LogP contribution in [-0.2, 0) is 24.4 Å². The third-order valence-corrected chi connectivity index (χ3v) is 5.21. The van der Waals surface area contributed by atoms with Crippen LogP contribution in [0.4, 0.5) is 0 Å². The quantitative estimate of drug-likeness (QED) is 0.490. The summed E-state index contributed by atoms with van der Waals surface area (Å²) in [6.45, 7) is 2.29. The van der Waals surface area contributed by atoms with Gasteiger partial charge in [0.15, 0.2) is 5.65 Å². The van der Waals surface area contributed by atoms with E-state index in [1.807, 2.05) is 61.5 Å². The van der Waals surface area contributed by atoms with E-state index in [1.165, 1.54) is 9.13 Å². The van der Waals surface area contributed by atoms with Crippen LogP contribution in [0.3, 0.4) is 0 Å². The topological polar surface area (TPSA) is 86.0 Å². The Kier molecular flexibility index (Phi) is 5.75. The van der Waals surface area contributed by atoms with Crippen LogP contribution in [0.15, 0.2) is 82.5 Å². The van der Waals surface area contributed by atoms with Gasteiger partial charge in [0.2, 0.25) is 5.91 Å². The van der Waals surface area contributed by atoms with Crippen molar-refractivity contribution in [2.24, 2.45) is 0 Å². The monoisotopic (exact) mass is 414 g/mol. The molecule has 0 saturated heterocycles. The smallest absolute Gasteiger partial charge is 0.318 e. The van der Waals surface area contributed by atoms with Gasteiger partial charge in [-0.3, -0.25) is 23.5 Å². The zero-order chi connectivity index (χ0) is 21.8. The van der Waals surface area contributed by atoms with Gasteiger partial charge in [-0.1, -0.05) is 54.6 Å². The minimum absolute atomic E-state index is 0.225. The molecule has 1 amide bonds. The molecule has 2 heterocycles. The van der Waals surface area contributed by atoms with Crippen molar-refractivity contribution in [2.75, 3.05) is 0 Å². The van der Waals surface area contributed by atoms with E-state index in [-0.39, 0.29) is 19.0 Å². The van der Waals surface area contributed by atoms with Gasteiger partial charge in [0, 0.05) is 12.7 Å². The van der Waals surface area contributed by atoms with Crippen LogP contribution in [-0.4, -0.2) is 20.0 Å². The fourth-order valence-corrected chi connectivity index (χ4v) is 3.52. The number of hydrogen-bond acceptors (Lipinski definition) is 4. The molecule has 2 aromatic carbocycles. The van der Waals surface area contributed by atoms with Gasteiger partial charge in [0.25, 0.3) is 0 Å². The summed E-state index contributed by atoms with van der Waals surface area (Å²) < 4.78 is 2.55. The van der Waals surface area contributed by atoms with Crippen LogP contribution < -0.4 is 16.4 Å². The number of carbonyl (C=O) groups is 1. The van der Waals surface area contributed by atoms with Crippen molar-refractivity contribution in [3.8, 4) is 0 Å². The molecule has 0 aliphatic carbocycles. The molecule has 0 fully saturated rings. The van der Waals surface area contributed by atoms with Crippen molar-refractivity contribution in [1.82, 2.24) is 19.4 Å². The molecule has 0 bridgehead atoms. The highest BCUT2D eigenvalue weighted by molar-refractivity contribution is 5.78. The Hall–Kier alpha value is -4.00. The highest BCUT2D eigenvalue weighted by atomic mass is 16.2. The molecule has 1 N–H and O–H groups in total. The molecule has 0 spiro atoms. The maximum atomic E-state index is 12.9. The second-order valence-corrected chi connectivity index (χ2v) is 7.32. The van der Waals surface area contributed by atoms with E-state index in [0.717, 1.165) is 16.7 Å². The summed E-state index contributed by atoms with van der Waals surface area (Å²) in [5.74, 6) is -0.351. The van der Waals surface area contributed by atoms with E-state index in [1.54, 1.807) is 18.3 Å². The SMILES string of the molecule is Cc1ccccc1CNC(=O)Cn1c(=O)c(=O)n(Cc2ccccc2)c2ncccc21. The average Bonchev–Trinajstić information content (AvgIpc) is 2.80. The molecular weight excluding hydrogens is 392 g/mol. The minimum atomic E-state index is -0.748. The molecule has 7 nitrogen and oxygen atoms in total. The summed E-state index contributed by atoms with van der Waals surface area (Å²) in [4.78, 5) is 42.7. The Bertz CT molecular complexity index is 1360.